The predicted molar refractivity (Wildman–Crippen MR) is 78.6 cm³/mol. The minimum Gasteiger partial charge on any atom is -0.388 e. The number of aromatic nitrogens is 1. The lowest BCUT2D eigenvalue weighted by Gasteiger charge is -2.25. The van der Waals surface area contributed by atoms with E-state index >= 15 is 0 Å². The second-order valence-corrected chi connectivity index (χ2v) is 5.05. The first kappa shape index (κ1) is 12.0. The summed E-state index contributed by atoms with van der Waals surface area (Å²) in [6.07, 6.45) is 4.94. The van der Waals surface area contributed by atoms with Crippen LogP contribution in [0.5, 0.6) is 0 Å². The molecule has 0 atom stereocenters. The fourth-order valence-electron chi connectivity index (χ4n) is 2.46. The number of nitrogens with zero attached hydrogens (tertiary/aromatic N) is 2. The summed E-state index contributed by atoms with van der Waals surface area (Å²) in [7, 11) is 0. The first-order valence-electron chi connectivity index (χ1n) is 6.69. The van der Waals surface area contributed by atoms with Crippen molar-refractivity contribution >= 4 is 22.4 Å². The minimum absolute atomic E-state index is 0.254. The summed E-state index contributed by atoms with van der Waals surface area (Å²) in [5, 5.41) is 8.59. The number of benzene rings is 1. The van der Waals surface area contributed by atoms with Crippen LogP contribution < -0.4 is 10.6 Å². The van der Waals surface area contributed by atoms with Crippen LogP contribution in [-0.4, -0.2) is 23.4 Å². The first-order valence-corrected chi connectivity index (χ1v) is 6.69. The molecule has 1 aromatic carbocycles. The Morgan fingerprint density at radius 3 is 2.84 bits per heavy atom. The topological polar surface area (TPSA) is 66.0 Å². The van der Waals surface area contributed by atoms with Crippen LogP contribution in [0.15, 0.2) is 36.5 Å². The Labute approximate surface area is 112 Å². The zero-order valence-electron chi connectivity index (χ0n) is 10.8. The normalized spacial score (nSPS) is 14.5. The fraction of sp³-hybridized carbons (Fsp3) is 0.333. The van der Waals surface area contributed by atoms with Crippen molar-refractivity contribution in [3.05, 3.63) is 36.5 Å². The number of fused-ring (bicyclic) bond motifs is 1. The average molecular weight is 254 g/mol. The van der Waals surface area contributed by atoms with Crippen LogP contribution in [0.1, 0.15) is 19.3 Å². The summed E-state index contributed by atoms with van der Waals surface area (Å²) >= 11 is 0. The summed E-state index contributed by atoms with van der Waals surface area (Å²) in [4.78, 5) is 6.79. The van der Waals surface area contributed by atoms with Crippen LogP contribution in [0.25, 0.3) is 10.9 Å². The van der Waals surface area contributed by atoms with Gasteiger partial charge in [0.05, 0.1) is 11.4 Å². The Kier molecular flexibility index (Phi) is 3.07. The Morgan fingerprint density at radius 2 is 2.11 bits per heavy atom. The highest BCUT2D eigenvalue weighted by atomic mass is 15.2. The maximum absolute atomic E-state index is 7.41. The SMILES string of the molecule is N=C(N)CCN(c1ccnc2ccccc12)C1CC1. The molecular weight excluding hydrogens is 236 g/mol. The van der Waals surface area contributed by atoms with E-state index in [0.29, 0.717) is 12.5 Å². The summed E-state index contributed by atoms with van der Waals surface area (Å²) in [6.45, 7) is 0.813. The number of para-hydroxylation sites is 1. The summed E-state index contributed by atoms with van der Waals surface area (Å²) in [5.41, 5.74) is 7.74. The maximum Gasteiger partial charge on any atom is 0.0923 e. The zero-order chi connectivity index (χ0) is 13.2. The molecule has 0 radical (unpaired) electrons. The molecule has 1 saturated carbocycles. The van der Waals surface area contributed by atoms with Crippen LogP contribution in [0.2, 0.25) is 0 Å². The van der Waals surface area contributed by atoms with Crippen molar-refractivity contribution in [2.75, 3.05) is 11.4 Å². The number of hydrogen-bond donors (Lipinski definition) is 2. The molecular formula is C15H18N4. The molecule has 98 valence electrons. The fourth-order valence-corrected chi connectivity index (χ4v) is 2.46. The molecule has 19 heavy (non-hydrogen) atoms. The Balaban J connectivity index is 1.97. The Morgan fingerprint density at radius 1 is 1.32 bits per heavy atom. The zero-order valence-corrected chi connectivity index (χ0v) is 10.8. The number of hydrogen-bond acceptors (Lipinski definition) is 3. The third-order valence-electron chi connectivity index (χ3n) is 3.55. The maximum atomic E-state index is 7.41. The van der Waals surface area contributed by atoms with Crippen LogP contribution in [-0.2, 0) is 0 Å². The Hall–Kier alpha value is -2.10. The molecule has 0 aliphatic heterocycles. The number of nitrogens with one attached hydrogen (secondary N) is 1. The average Bonchev–Trinajstić information content (AvgIpc) is 3.23. The number of amidine groups is 1. The van der Waals surface area contributed by atoms with Gasteiger partial charge in [0, 0.05) is 36.3 Å². The van der Waals surface area contributed by atoms with E-state index in [1.807, 2.05) is 24.4 Å². The lowest BCUT2D eigenvalue weighted by atomic mass is 10.1. The third-order valence-corrected chi connectivity index (χ3v) is 3.55. The standard InChI is InChI=1S/C15H18N4/c16-15(17)8-10-19(11-5-6-11)14-7-9-18-13-4-2-1-3-12(13)14/h1-4,7,9,11H,5-6,8,10H2,(H3,16,17). The van der Waals surface area contributed by atoms with Gasteiger partial charge in [-0.3, -0.25) is 10.4 Å². The molecule has 0 bridgehead atoms. The van der Waals surface area contributed by atoms with E-state index in [4.69, 9.17) is 11.1 Å². The highest BCUT2D eigenvalue weighted by molar-refractivity contribution is 5.92. The number of nitrogens with two attached hydrogens (primary N) is 1. The summed E-state index contributed by atoms with van der Waals surface area (Å²) < 4.78 is 0. The van der Waals surface area contributed by atoms with Crippen molar-refractivity contribution in [2.24, 2.45) is 5.73 Å². The van der Waals surface area contributed by atoms with Gasteiger partial charge in [-0.15, -0.1) is 0 Å². The van der Waals surface area contributed by atoms with Crippen LogP contribution in [0, 0.1) is 5.41 Å². The monoisotopic (exact) mass is 254 g/mol. The molecule has 3 N–H and O–H groups in total. The van der Waals surface area contributed by atoms with Gasteiger partial charge in [0.1, 0.15) is 0 Å². The molecule has 0 saturated heterocycles. The van der Waals surface area contributed by atoms with Gasteiger partial charge in [-0.1, -0.05) is 18.2 Å². The van der Waals surface area contributed by atoms with Crippen LogP contribution >= 0.6 is 0 Å². The Bertz CT molecular complexity index is 599. The lowest BCUT2D eigenvalue weighted by molar-refractivity contribution is 0.800. The van der Waals surface area contributed by atoms with Crippen molar-refractivity contribution in [3.63, 3.8) is 0 Å². The van der Waals surface area contributed by atoms with Gasteiger partial charge < -0.3 is 10.6 Å². The second-order valence-electron chi connectivity index (χ2n) is 5.05. The smallest absolute Gasteiger partial charge is 0.0923 e. The van der Waals surface area contributed by atoms with Crippen molar-refractivity contribution in [1.29, 1.82) is 5.41 Å². The van der Waals surface area contributed by atoms with E-state index in [1.165, 1.54) is 23.9 Å². The molecule has 1 fully saturated rings. The van der Waals surface area contributed by atoms with E-state index < -0.39 is 0 Å². The second kappa shape index (κ2) is 4.88. The van der Waals surface area contributed by atoms with Crippen molar-refractivity contribution in [1.82, 2.24) is 4.98 Å². The van der Waals surface area contributed by atoms with E-state index in [-0.39, 0.29) is 5.84 Å². The molecule has 1 heterocycles. The van der Waals surface area contributed by atoms with Gasteiger partial charge in [0.25, 0.3) is 0 Å². The highest BCUT2D eigenvalue weighted by Crippen LogP contribution is 2.35. The molecule has 2 aromatic rings. The van der Waals surface area contributed by atoms with Gasteiger partial charge in [-0.25, -0.2) is 0 Å². The minimum atomic E-state index is 0.254. The molecule has 4 nitrogen and oxygen atoms in total. The molecule has 0 amide bonds. The molecule has 1 aliphatic carbocycles. The van der Waals surface area contributed by atoms with Gasteiger partial charge in [-0.2, -0.15) is 0 Å². The van der Waals surface area contributed by atoms with Crippen LogP contribution in [0.3, 0.4) is 0 Å². The number of pyridine rings is 1. The molecule has 4 heteroatoms. The number of rotatable bonds is 5. The molecule has 3 rings (SSSR count). The van der Waals surface area contributed by atoms with Crippen molar-refractivity contribution in [2.45, 2.75) is 25.3 Å². The van der Waals surface area contributed by atoms with E-state index in [2.05, 4.69) is 22.0 Å². The highest BCUT2D eigenvalue weighted by Gasteiger charge is 2.29. The molecule has 1 aromatic heterocycles. The van der Waals surface area contributed by atoms with Gasteiger partial charge >= 0.3 is 0 Å². The predicted octanol–water partition coefficient (Wildman–Crippen LogP) is 2.53. The van der Waals surface area contributed by atoms with Crippen LogP contribution in [0.4, 0.5) is 5.69 Å². The van der Waals surface area contributed by atoms with Gasteiger partial charge in [0.15, 0.2) is 0 Å². The van der Waals surface area contributed by atoms with E-state index in [1.54, 1.807) is 0 Å². The first-order chi connectivity index (χ1) is 9.25. The van der Waals surface area contributed by atoms with Crippen molar-refractivity contribution < 1.29 is 0 Å². The van der Waals surface area contributed by atoms with Gasteiger partial charge in [0.2, 0.25) is 0 Å². The van der Waals surface area contributed by atoms with Gasteiger partial charge in [-0.05, 0) is 25.0 Å². The summed E-state index contributed by atoms with van der Waals surface area (Å²) in [6, 6.07) is 10.9. The quantitative estimate of drug-likeness (QED) is 0.636. The summed E-state index contributed by atoms with van der Waals surface area (Å²) in [5.74, 6) is 0.254. The third kappa shape index (κ3) is 2.52. The molecule has 0 spiro atoms. The number of anilines is 1. The van der Waals surface area contributed by atoms with E-state index in [9.17, 15) is 0 Å². The molecule has 1 aliphatic rings. The lowest BCUT2D eigenvalue weighted by Crippen LogP contribution is -2.30. The van der Waals surface area contributed by atoms with E-state index in [0.717, 1.165) is 12.1 Å². The molecule has 0 unspecified atom stereocenters. The largest absolute Gasteiger partial charge is 0.388 e. The van der Waals surface area contributed by atoms with Crippen molar-refractivity contribution in [3.8, 4) is 0 Å².